The summed E-state index contributed by atoms with van der Waals surface area (Å²) in [5, 5.41) is -0.737. The van der Waals surface area contributed by atoms with E-state index in [-0.39, 0.29) is 17.1 Å². The molecule has 3 aromatic rings. The van der Waals surface area contributed by atoms with E-state index in [1.54, 1.807) is 0 Å². The van der Waals surface area contributed by atoms with Crippen LogP contribution in [0, 0.1) is 18.7 Å². The number of Topliss-reactive ketones (excluding diaryl/α,β-unsaturated/α-hetero) is 1. The third-order valence-corrected chi connectivity index (χ3v) is 8.15. The number of hydrogen-bond acceptors (Lipinski definition) is 5. The van der Waals surface area contributed by atoms with Gasteiger partial charge in [-0.25, -0.2) is 22.8 Å². The van der Waals surface area contributed by atoms with Gasteiger partial charge >= 0.3 is 0 Å². The van der Waals surface area contributed by atoms with Gasteiger partial charge in [0.25, 0.3) is 0 Å². The molecule has 7 heteroatoms. The Balaban J connectivity index is 1.42. The summed E-state index contributed by atoms with van der Waals surface area (Å²) in [6, 6.07) is 14.7. The molecule has 4 rings (SSSR count). The van der Waals surface area contributed by atoms with Crippen molar-refractivity contribution in [3.05, 3.63) is 78.0 Å². The lowest BCUT2D eigenvalue weighted by Crippen LogP contribution is -2.43. The highest BCUT2D eigenvalue weighted by molar-refractivity contribution is 7.92. The molecule has 1 saturated carbocycles. The minimum Gasteiger partial charge on any atom is -0.299 e. The molecular formula is C24H23FN2O3S. The van der Waals surface area contributed by atoms with Crippen LogP contribution in [0.25, 0.3) is 11.3 Å². The highest BCUT2D eigenvalue weighted by atomic mass is 32.2. The average Bonchev–Trinajstić information content (AvgIpc) is 2.72. The Morgan fingerprint density at radius 1 is 1.03 bits per heavy atom. The Bertz CT molecular complexity index is 1190. The van der Waals surface area contributed by atoms with Crippen LogP contribution in [0.1, 0.15) is 30.5 Å². The van der Waals surface area contributed by atoms with Gasteiger partial charge in [0.2, 0.25) is 0 Å². The molecule has 0 spiro atoms. The molecule has 1 fully saturated rings. The van der Waals surface area contributed by atoms with E-state index in [4.69, 9.17) is 0 Å². The van der Waals surface area contributed by atoms with E-state index in [0.717, 1.165) is 34.6 Å². The number of rotatable bonds is 7. The monoisotopic (exact) mass is 438 g/mol. The normalized spacial score (nSPS) is 18.4. The largest absolute Gasteiger partial charge is 0.299 e. The van der Waals surface area contributed by atoms with Crippen molar-refractivity contribution in [2.45, 2.75) is 42.8 Å². The van der Waals surface area contributed by atoms with Gasteiger partial charge in [-0.1, -0.05) is 29.8 Å². The lowest BCUT2D eigenvalue weighted by molar-refractivity contribution is -0.124. The van der Waals surface area contributed by atoms with Crippen molar-refractivity contribution in [2.75, 3.05) is 0 Å². The molecule has 0 amide bonds. The van der Waals surface area contributed by atoms with Crippen LogP contribution in [-0.4, -0.2) is 29.4 Å². The molecule has 5 nitrogen and oxygen atoms in total. The highest BCUT2D eigenvalue weighted by Crippen LogP contribution is 2.38. The van der Waals surface area contributed by atoms with Crippen LogP contribution in [0.3, 0.4) is 0 Å². The molecule has 0 N–H and O–H groups in total. The van der Waals surface area contributed by atoms with E-state index in [0.29, 0.717) is 19.3 Å². The quantitative estimate of drug-likeness (QED) is 0.513. The zero-order chi connectivity index (χ0) is 22.0. The second kappa shape index (κ2) is 8.67. The molecule has 1 aliphatic carbocycles. The third-order valence-electron chi connectivity index (χ3n) is 5.86. The molecule has 160 valence electrons. The number of halogens is 1. The van der Waals surface area contributed by atoms with Crippen molar-refractivity contribution in [3.63, 3.8) is 0 Å². The fourth-order valence-corrected chi connectivity index (χ4v) is 5.89. The molecule has 2 aromatic carbocycles. The minimum atomic E-state index is -3.66. The lowest BCUT2D eigenvalue weighted by atomic mass is 9.80. The van der Waals surface area contributed by atoms with Crippen LogP contribution < -0.4 is 0 Å². The summed E-state index contributed by atoms with van der Waals surface area (Å²) in [7, 11) is -3.66. The van der Waals surface area contributed by atoms with Crippen LogP contribution in [0.2, 0.25) is 0 Å². The zero-order valence-corrected chi connectivity index (χ0v) is 18.0. The van der Waals surface area contributed by atoms with Crippen LogP contribution in [-0.2, 0) is 21.1 Å². The molecule has 1 aromatic heterocycles. The Hall–Kier alpha value is -2.93. The first-order valence-electron chi connectivity index (χ1n) is 10.2. The minimum absolute atomic E-state index is 0.0648. The maximum Gasteiger partial charge on any atom is 0.181 e. The van der Waals surface area contributed by atoms with Gasteiger partial charge in [0.15, 0.2) is 9.84 Å². The Kier molecular flexibility index (Phi) is 5.96. The summed E-state index contributed by atoms with van der Waals surface area (Å²) < 4.78 is 38.8. The fraction of sp³-hybridized carbons (Fsp3) is 0.292. The number of carbonyl (C=O) groups is 1. The molecule has 0 aliphatic heterocycles. The van der Waals surface area contributed by atoms with Crippen molar-refractivity contribution in [2.24, 2.45) is 5.92 Å². The maximum atomic E-state index is 13.1. The zero-order valence-electron chi connectivity index (χ0n) is 17.2. The van der Waals surface area contributed by atoms with Crippen molar-refractivity contribution in [1.29, 1.82) is 0 Å². The number of benzene rings is 2. The number of ketones is 1. The van der Waals surface area contributed by atoms with E-state index < -0.39 is 26.8 Å². The number of hydrogen-bond donors (Lipinski definition) is 0. The first-order valence-corrected chi connectivity index (χ1v) is 11.8. The smallest absolute Gasteiger partial charge is 0.181 e. The standard InChI is InChI=1S/C24H23FN2O3S/c1-16-2-4-17(5-3-16)22-14-19(26-15-27-22)8-12-23(28)21-11-13-24(21)31(29,30)20-9-6-18(25)7-10-20/h2-7,9-10,14-15,21,24H,8,11-13H2,1H3/t21-,24-/m0/s1. The average molecular weight is 439 g/mol. The number of carbonyl (C=O) groups excluding carboxylic acids is 1. The summed E-state index contributed by atoms with van der Waals surface area (Å²) in [6.07, 6.45) is 3.15. The predicted octanol–water partition coefficient (Wildman–Crippen LogP) is 4.35. The van der Waals surface area contributed by atoms with Gasteiger partial charge in [-0.2, -0.15) is 0 Å². The number of sulfone groups is 1. The molecule has 0 saturated heterocycles. The predicted molar refractivity (Wildman–Crippen MR) is 116 cm³/mol. The molecule has 0 unspecified atom stereocenters. The van der Waals surface area contributed by atoms with Gasteiger partial charge in [0, 0.05) is 23.6 Å². The number of aryl methyl sites for hydroxylation is 2. The van der Waals surface area contributed by atoms with Crippen molar-refractivity contribution in [3.8, 4) is 11.3 Å². The van der Waals surface area contributed by atoms with E-state index >= 15 is 0 Å². The summed E-state index contributed by atoms with van der Waals surface area (Å²) in [6.45, 7) is 2.02. The van der Waals surface area contributed by atoms with Crippen molar-refractivity contribution < 1.29 is 17.6 Å². The van der Waals surface area contributed by atoms with E-state index in [9.17, 15) is 17.6 Å². The highest BCUT2D eigenvalue weighted by Gasteiger charge is 2.44. The Labute approximate surface area is 181 Å². The van der Waals surface area contributed by atoms with Gasteiger partial charge < -0.3 is 0 Å². The molecule has 1 aliphatic rings. The van der Waals surface area contributed by atoms with Gasteiger partial charge in [0.05, 0.1) is 15.8 Å². The first-order chi connectivity index (χ1) is 14.8. The summed E-state index contributed by atoms with van der Waals surface area (Å²) >= 11 is 0. The number of aromatic nitrogens is 2. The van der Waals surface area contributed by atoms with E-state index in [1.165, 1.54) is 18.5 Å². The molecule has 1 heterocycles. The molecule has 0 radical (unpaired) electrons. The maximum absolute atomic E-state index is 13.1. The molecule has 31 heavy (non-hydrogen) atoms. The van der Waals surface area contributed by atoms with Gasteiger partial charge in [-0.3, -0.25) is 4.79 Å². The first kappa shape index (κ1) is 21.3. The topological polar surface area (TPSA) is 77.0 Å². The van der Waals surface area contributed by atoms with Crippen molar-refractivity contribution >= 4 is 15.6 Å². The molecular weight excluding hydrogens is 415 g/mol. The summed E-state index contributed by atoms with van der Waals surface area (Å²) in [4.78, 5) is 21.4. The van der Waals surface area contributed by atoms with Gasteiger partial charge in [-0.15, -0.1) is 0 Å². The lowest BCUT2D eigenvalue weighted by Gasteiger charge is -2.34. The van der Waals surface area contributed by atoms with Crippen LogP contribution >= 0.6 is 0 Å². The van der Waals surface area contributed by atoms with Crippen molar-refractivity contribution in [1.82, 2.24) is 9.97 Å². The van der Waals surface area contributed by atoms with Crippen LogP contribution in [0.4, 0.5) is 4.39 Å². The number of nitrogens with zero attached hydrogens (tertiary/aromatic N) is 2. The van der Waals surface area contributed by atoms with Gasteiger partial charge in [-0.05, 0) is 56.5 Å². The summed E-state index contributed by atoms with van der Waals surface area (Å²) in [5.41, 5.74) is 3.67. The van der Waals surface area contributed by atoms with E-state index in [1.807, 2.05) is 37.3 Å². The van der Waals surface area contributed by atoms with Crippen LogP contribution in [0.5, 0.6) is 0 Å². The Morgan fingerprint density at radius 3 is 2.39 bits per heavy atom. The molecule has 0 bridgehead atoms. The molecule has 2 atom stereocenters. The third kappa shape index (κ3) is 4.56. The Morgan fingerprint density at radius 2 is 1.74 bits per heavy atom. The second-order valence-corrected chi connectivity index (χ2v) is 10.1. The second-order valence-electron chi connectivity index (χ2n) is 7.95. The fourth-order valence-electron chi connectivity index (χ4n) is 3.86. The van der Waals surface area contributed by atoms with Crippen LogP contribution in [0.15, 0.2) is 65.8 Å². The SMILES string of the molecule is Cc1ccc(-c2cc(CCC(=O)[C@@H]3CC[C@@H]3S(=O)(=O)c3ccc(F)cc3)ncn2)cc1. The summed E-state index contributed by atoms with van der Waals surface area (Å²) in [5.74, 6) is -1.08. The van der Waals surface area contributed by atoms with Gasteiger partial charge in [0.1, 0.15) is 17.9 Å². The van der Waals surface area contributed by atoms with E-state index in [2.05, 4.69) is 9.97 Å².